The molecule has 168 valence electrons. The minimum absolute atomic E-state index is 0.180. The molecule has 0 aliphatic heterocycles. The molecule has 0 saturated heterocycles. The molecule has 3 rings (SSSR count). The summed E-state index contributed by atoms with van der Waals surface area (Å²) in [6, 6.07) is 15.1. The number of benzene rings is 2. The van der Waals surface area contributed by atoms with Crippen molar-refractivity contribution in [3.05, 3.63) is 89.6 Å². The predicted molar refractivity (Wildman–Crippen MR) is 118 cm³/mol. The molecule has 1 heterocycles. The van der Waals surface area contributed by atoms with Gasteiger partial charge in [-0.15, -0.1) is 0 Å². The first-order valence-corrected chi connectivity index (χ1v) is 10.2. The summed E-state index contributed by atoms with van der Waals surface area (Å²) in [5.41, 5.74) is 1.48. The fraction of sp³-hybridized carbons (Fsp3) is 0.250. The number of nitrogens with zero attached hydrogens (tertiary/aromatic N) is 3. The van der Waals surface area contributed by atoms with Gasteiger partial charge >= 0.3 is 6.03 Å². The highest BCUT2D eigenvalue weighted by atomic mass is 19.1. The molecule has 1 aromatic heterocycles. The Morgan fingerprint density at radius 3 is 2.50 bits per heavy atom. The highest BCUT2D eigenvalue weighted by Gasteiger charge is 2.16. The number of ether oxygens (including phenoxy) is 1. The number of likely N-dealkylation sites (N-methyl/N-ethyl adjacent to an activating group) is 1. The van der Waals surface area contributed by atoms with Gasteiger partial charge in [-0.05, 0) is 50.0 Å². The van der Waals surface area contributed by atoms with E-state index in [9.17, 15) is 13.6 Å². The van der Waals surface area contributed by atoms with Gasteiger partial charge < -0.3 is 19.9 Å². The van der Waals surface area contributed by atoms with Gasteiger partial charge in [-0.3, -0.25) is 0 Å². The molecule has 3 aromatic rings. The van der Waals surface area contributed by atoms with Crippen molar-refractivity contribution in [3.8, 4) is 11.6 Å². The molecule has 0 radical (unpaired) electrons. The van der Waals surface area contributed by atoms with Crippen LogP contribution in [0.3, 0.4) is 0 Å². The van der Waals surface area contributed by atoms with Gasteiger partial charge in [0.15, 0.2) is 0 Å². The Hall–Kier alpha value is -3.52. The third kappa shape index (κ3) is 7.02. The zero-order valence-electron chi connectivity index (χ0n) is 18.1. The number of rotatable bonds is 9. The summed E-state index contributed by atoms with van der Waals surface area (Å²) >= 11 is 0. The van der Waals surface area contributed by atoms with E-state index in [-0.39, 0.29) is 24.3 Å². The number of carbonyl (C=O) groups is 1. The molecule has 32 heavy (non-hydrogen) atoms. The summed E-state index contributed by atoms with van der Waals surface area (Å²) < 4.78 is 32.4. The van der Waals surface area contributed by atoms with Crippen LogP contribution in [0.1, 0.15) is 11.1 Å². The Morgan fingerprint density at radius 1 is 1.00 bits per heavy atom. The molecule has 0 fully saturated rings. The summed E-state index contributed by atoms with van der Waals surface area (Å²) in [6.07, 6.45) is 1.57. The standard InChI is InChI=1S/C24H26F2N4O2/c1-29(2)13-14-30(17-18-8-10-20(25)11-9-18)24(31)28-16-19-5-4-12-27-23(19)32-22-7-3-6-21(26)15-22/h3-12,15H,13-14,16-17H2,1-2H3,(H,28,31). The van der Waals surface area contributed by atoms with Crippen LogP contribution in [0.2, 0.25) is 0 Å². The maximum absolute atomic E-state index is 13.5. The Kier molecular flexibility index (Phi) is 8.10. The summed E-state index contributed by atoms with van der Waals surface area (Å²) in [7, 11) is 3.86. The van der Waals surface area contributed by atoms with E-state index < -0.39 is 5.82 Å². The van der Waals surface area contributed by atoms with Crippen molar-refractivity contribution in [1.82, 2.24) is 20.1 Å². The molecule has 0 spiro atoms. The van der Waals surface area contributed by atoms with E-state index >= 15 is 0 Å². The lowest BCUT2D eigenvalue weighted by molar-refractivity contribution is 0.188. The molecule has 0 bridgehead atoms. The Morgan fingerprint density at radius 2 is 1.78 bits per heavy atom. The summed E-state index contributed by atoms with van der Waals surface area (Å²) in [5.74, 6) is -0.122. The first-order chi connectivity index (χ1) is 15.4. The largest absolute Gasteiger partial charge is 0.439 e. The second-order valence-electron chi connectivity index (χ2n) is 7.54. The lowest BCUT2D eigenvalue weighted by atomic mass is 10.2. The first-order valence-electron chi connectivity index (χ1n) is 10.2. The number of aromatic nitrogens is 1. The molecule has 0 aliphatic rings. The van der Waals surface area contributed by atoms with Crippen LogP contribution in [0, 0.1) is 11.6 Å². The second kappa shape index (κ2) is 11.2. The zero-order chi connectivity index (χ0) is 22.9. The smallest absolute Gasteiger partial charge is 0.318 e. The average Bonchev–Trinajstić information content (AvgIpc) is 2.77. The number of carbonyl (C=O) groups excluding carboxylic acids is 1. The molecule has 0 aliphatic carbocycles. The number of amides is 2. The lowest BCUT2D eigenvalue weighted by Gasteiger charge is -2.25. The zero-order valence-corrected chi connectivity index (χ0v) is 18.1. The molecule has 0 unspecified atom stereocenters. The first kappa shape index (κ1) is 23.1. The van der Waals surface area contributed by atoms with Crippen molar-refractivity contribution in [1.29, 1.82) is 0 Å². The molecule has 0 saturated carbocycles. The van der Waals surface area contributed by atoms with E-state index in [1.807, 2.05) is 19.0 Å². The van der Waals surface area contributed by atoms with Crippen molar-refractivity contribution in [2.24, 2.45) is 0 Å². The van der Waals surface area contributed by atoms with E-state index in [0.29, 0.717) is 30.9 Å². The van der Waals surface area contributed by atoms with Gasteiger partial charge in [0.1, 0.15) is 17.4 Å². The predicted octanol–water partition coefficient (Wildman–Crippen LogP) is 4.43. The van der Waals surface area contributed by atoms with Gasteiger partial charge in [-0.2, -0.15) is 0 Å². The third-order valence-electron chi connectivity index (χ3n) is 4.68. The van der Waals surface area contributed by atoms with Crippen molar-refractivity contribution in [2.45, 2.75) is 13.1 Å². The van der Waals surface area contributed by atoms with Gasteiger partial charge in [0.05, 0.1) is 0 Å². The van der Waals surface area contributed by atoms with Crippen molar-refractivity contribution < 1.29 is 18.3 Å². The minimum atomic E-state index is -0.411. The van der Waals surface area contributed by atoms with E-state index in [1.54, 1.807) is 47.5 Å². The normalized spacial score (nSPS) is 10.8. The van der Waals surface area contributed by atoms with Gasteiger partial charge in [-0.25, -0.2) is 18.6 Å². The van der Waals surface area contributed by atoms with Crippen LogP contribution in [-0.2, 0) is 13.1 Å². The molecular weight excluding hydrogens is 414 g/mol. The molecule has 8 heteroatoms. The summed E-state index contributed by atoms with van der Waals surface area (Å²) in [5, 5.41) is 2.89. The maximum Gasteiger partial charge on any atom is 0.318 e. The van der Waals surface area contributed by atoms with Crippen LogP contribution < -0.4 is 10.1 Å². The molecule has 2 aromatic carbocycles. The van der Waals surface area contributed by atoms with Gasteiger partial charge in [-0.1, -0.05) is 24.3 Å². The summed E-state index contributed by atoms with van der Waals surface area (Å²) in [4.78, 5) is 20.8. The number of nitrogens with one attached hydrogen (secondary N) is 1. The molecule has 2 amide bonds. The van der Waals surface area contributed by atoms with Crippen LogP contribution in [-0.4, -0.2) is 48.0 Å². The van der Waals surface area contributed by atoms with E-state index in [1.165, 1.54) is 24.3 Å². The lowest BCUT2D eigenvalue weighted by Crippen LogP contribution is -2.42. The second-order valence-corrected chi connectivity index (χ2v) is 7.54. The van der Waals surface area contributed by atoms with Crippen molar-refractivity contribution >= 4 is 6.03 Å². The Balaban J connectivity index is 1.67. The quantitative estimate of drug-likeness (QED) is 0.535. The number of hydrogen-bond donors (Lipinski definition) is 1. The fourth-order valence-electron chi connectivity index (χ4n) is 2.96. The van der Waals surface area contributed by atoms with Gasteiger partial charge in [0.2, 0.25) is 5.88 Å². The van der Waals surface area contributed by atoms with E-state index in [2.05, 4.69) is 10.3 Å². The number of halogens is 2. The van der Waals surface area contributed by atoms with Gasteiger partial charge in [0, 0.05) is 44.0 Å². The molecular formula is C24H26F2N4O2. The minimum Gasteiger partial charge on any atom is -0.439 e. The monoisotopic (exact) mass is 440 g/mol. The van der Waals surface area contributed by atoms with Crippen molar-refractivity contribution in [3.63, 3.8) is 0 Å². The SMILES string of the molecule is CN(C)CCN(Cc1ccc(F)cc1)C(=O)NCc1cccnc1Oc1cccc(F)c1. The van der Waals surface area contributed by atoms with Crippen LogP contribution in [0.25, 0.3) is 0 Å². The van der Waals surface area contributed by atoms with Crippen LogP contribution in [0.15, 0.2) is 66.9 Å². The fourth-order valence-corrected chi connectivity index (χ4v) is 2.96. The number of urea groups is 1. The van der Waals surface area contributed by atoms with Crippen molar-refractivity contribution in [2.75, 3.05) is 27.2 Å². The Labute approximate surface area is 186 Å². The molecule has 0 atom stereocenters. The Bertz CT molecular complexity index is 1030. The topological polar surface area (TPSA) is 57.7 Å². The number of pyridine rings is 1. The molecule has 1 N–H and O–H groups in total. The average molecular weight is 440 g/mol. The number of hydrogen-bond acceptors (Lipinski definition) is 4. The highest BCUT2D eigenvalue weighted by molar-refractivity contribution is 5.74. The van der Waals surface area contributed by atoms with Crippen LogP contribution in [0.4, 0.5) is 13.6 Å². The van der Waals surface area contributed by atoms with E-state index in [0.717, 1.165) is 5.56 Å². The highest BCUT2D eigenvalue weighted by Crippen LogP contribution is 2.23. The van der Waals surface area contributed by atoms with Gasteiger partial charge in [0.25, 0.3) is 0 Å². The van der Waals surface area contributed by atoms with Crippen LogP contribution >= 0.6 is 0 Å². The maximum atomic E-state index is 13.5. The summed E-state index contributed by atoms with van der Waals surface area (Å²) in [6.45, 7) is 1.70. The third-order valence-corrected chi connectivity index (χ3v) is 4.68. The molecule has 6 nitrogen and oxygen atoms in total. The van der Waals surface area contributed by atoms with E-state index in [4.69, 9.17) is 4.74 Å². The van der Waals surface area contributed by atoms with Crippen LogP contribution in [0.5, 0.6) is 11.6 Å².